The minimum Gasteiger partial charge on any atom is -0.456 e. The number of benzene rings is 11. The Bertz CT molecular complexity index is 4380. The third-order valence-electron chi connectivity index (χ3n) is 16.7. The molecule has 2 heterocycles. The number of aryl methyl sites for hydroxylation is 3. The third-order valence-corrected chi connectivity index (χ3v) is 16.7. The summed E-state index contributed by atoms with van der Waals surface area (Å²) < 4.78 is 8.45. The summed E-state index contributed by atoms with van der Waals surface area (Å²) in [5.41, 5.74) is 28.8. The number of aromatic nitrogens is 1. The largest absolute Gasteiger partial charge is 0.456 e. The quantitative estimate of drug-likeness (QED) is 0.169. The SMILES string of the molecule is Cc1ccc2c(c1)C(C)(C)c1ccccc1-2.Cc1cccc2c1-c1ccccc1C21c2ccccc2-c2ccccc21.Cc1cccc2oc3ccc(-c4ccc5c(c4)c4ccccc4n5-c4ccccc4)cc3c12. The molecule has 2 aromatic heterocycles. The monoisotopic (exact) mass is 961 g/mol. The second-order valence-electron chi connectivity index (χ2n) is 21.3. The highest BCUT2D eigenvalue weighted by Gasteiger charge is 2.51. The van der Waals surface area contributed by atoms with Gasteiger partial charge in [-0.05, 0) is 158 Å². The Balaban J connectivity index is 0.000000109. The van der Waals surface area contributed by atoms with E-state index in [1.807, 2.05) is 6.07 Å². The average molecular weight is 962 g/mol. The second kappa shape index (κ2) is 17.0. The van der Waals surface area contributed by atoms with Crippen LogP contribution >= 0.6 is 0 Å². The molecule has 0 aliphatic heterocycles. The number of para-hydroxylation sites is 2. The summed E-state index contributed by atoms with van der Waals surface area (Å²) in [4.78, 5) is 0. The van der Waals surface area contributed by atoms with Crippen LogP contribution in [-0.2, 0) is 10.8 Å². The molecule has 3 aliphatic carbocycles. The topological polar surface area (TPSA) is 18.1 Å². The van der Waals surface area contributed by atoms with E-state index in [1.165, 1.54) is 133 Å². The van der Waals surface area contributed by atoms with Gasteiger partial charge in [0.15, 0.2) is 0 Å². The number of furan rings is 1. The van der Waals surface area contributed by atoms with Crippen molar-refractivity contribution in [2.75, 3.05) is 0 Å². The first-order valence-electron chi connectivity index (χ1n) is 26.3. The van der Waals surface area contributed by atoms with E-state index in [2.05, 4.69) is 276 Å². The van der Waals surface area contributed by atoms with Crippen molar-refractivity contribution < 1.29 is 4.42 Å². The summed E-state index contributed by atoms with van der Waals surface area (Å²) in [6.45, 7) is 11.2. The number of hydrogen-bond acceptors (Lipinski definition) is 1. The molecule has 1 spiro atoms. The van der Waals surface area contributed by atoms with Crippen LogP contribution in [0, 0.1) is 20.8 Å². The highest BCUT2D eigenvalue weighted by molar-refractivity contribution is 6.12. The maximum atomic E-state index is 6.10. The first-order chi connectivity index (χ1) is 36.7. The van der Waals surface area contributed by atoms with Crippen LogP contribution < -0.4 is 0 Å². The van der Waals surface area contributed by atoms with Gasteiger partial charge in [-0.25, -0.2) is 0 Å². The van der Waals surface area contributed by atoms with Crippen molar-refractivity contribution in [2.45, 2.75) is 45.4 Å². The molecule has 2 nitrogen and oxygen atoms in total. The Morgan fingerprint density at radius 2 is 0.880 bits per heavy atom. The number of rotatable bonds is 2. The molecule has 0 saturated carbocycles. The summed E-state index contributed by atoms with van der Waals surface area (Å²) in [6.07, 6.45) is 0. The van der Waals surface area contributed by atoms with Gasteiger partial charge < -0.3 is 8.98 Å². The molecule has 0 amide bonds. The van der Waals surface area contributed by atoms with Crippen LogP contribution in [0.15, 0.2) is 247 Å². The maximum absolute atomic E-state index is 6.10. The summed E-state index contributed by atoms with van der Waals surface area (Å²) in [6, 6.07) is 88.0. The lowest BCUT2D eigenvalue weighted by molar-refractivity contribution is 0.660. The Morgan fingerprint density at radius 1 is 0.347 bits per heavy atom. The lowest BCUT2D eigenvalue weighted by Crippen LogP contribution is -2.25. The highest BCUT2D eigenvalue weighted by atomic mass is 16.3. The van der Waals surface area contributed by atoms with Crippen LogP contribution in [0.3, 0.4) is 0 Å². The maximum Gasteiger partial charge on any atom is 0.135 e. The summed E-state index contributed by atoms with van der Waals surface area (Å²) in [7, 11) is 0. The standard InChI is InChI=1S/C31H21NO.C26H18.C16H16/c1-20-8-7-13-30-31(20)26-19-22(15-17-29(26)33-30)21-14-16-28-25(18-21)24-11-5-6-12-27(24)32(28)23-9-3-2-4-10-23;1-17-9-8-16-24-25(17)20-12-4-7-15-23(20)26(24)21-13-5-2-10-18(21)19-11-3-6-14-22(19)26;1-11-8-9-13-12-6-4-5-7-14(12)16(2,3)15(13)10-11/h2-19H,1H3;2-16H,1H3;4-10H,1-3H3. The van der Waals surface area contributed by atoms with Crippen LogP contribution in [0.1, 0.15) is 63.9 Å². The Labute approximate surface area is 438 Å². The smallest absolute Gasteiger partial charge is 0.135 e. The molecule has 0 saturated heterocycles. The van der Waals surface area contributed by atoms with Crippen LogP contribution in [0.25, 0.3) is 93.9 Å². The Morgan fingerprint density at radius 3 is 1.61 bits per heavy atom. The zero-order chi connectivity index (χ0) is 50.6. The van der Waals surface area contributed by atoms with Crippen molar-refractivity contribution in [1.82, 2.24) is 4.57 Å². The first-order valence-corrected chi connectivity index (χ1v) is 26.3. The Hall–Kier alpha value is -8.98. The zero-order valence-electron chi connectivity index (χ0n) is 42.9. The summed E-state index contributed by atoms with van der Waals surface area (Å²) >= 11 is 0. The second-order valence-corrected chi connectivity index (χ2v) is 21.3. The van der Waals surface area contributed by atoms with E-state index >= 15 is 0 Å². The van der Waals surface area contributed by atoms with Gasteiger partial charge >= 0.3 is 0 Å². The van der Waals surface area contributed by atoms with Gasteiger partial charge in [-0.2, -0.15) is 0 Å². The van der Waals surface area contributed by atoms with Crippen molar-refractivity contribution in [2.24, 2.45) is 0 Å². The molecule has 3 aliphatic rings. The third kappa shape index (κ3) is 6.65. The van der Waals surface area contributed by atoms with E-state index in [9.17, 15) is 0 Å². The predicted octanol–water partition coefficient (Wildman–Crippen LogP) is 19.3. The molecule has 75 heavy (non-hydrogen) atoms. The van der Waals surface area contributed by atoms with Crippen molar-refractivity contribution in [1.29, 1.82) is 0 Å². The van der Waals surface area contributed by atoms with Gasteiger partial charge in [-0.15, -0.1) is 0 Å². The summed E-state index contributed by atoms with van der Waals surface area (Å²) in [5.74, 6) is 0. The molecule has 11 aromatic carbocycles. The molecule has 0 bridgehead atoms. The van der Waals surface area contributed by atoms with Crippen molar-refractivity contribution in [3.8, 4) is 50.2 Å². The van der Waals surface area contributed by atoms with Gasteiger partial charge in [0.2, 0.25) is 0 Å². The molecule has 0 unspecified atom stereocenters. The molecule has 0 radical (unpaired) electrons. The van der Waals surface area contributed by atoms with Crippen LogP contribution in [0.5, 0.6) is 0 Å². The molecule has 358 valence electrons. The van der Waals surface area contributed by atoms with Crippen LogP contribution in [-0.4, -0.2) is 4.57 Å². The zero-order valence-corrected chi connectivity index (χ0v) is 42.9. The lowest BCUT2D eigenvalue weighted by atomic mass is 9.70. The van der Waals surface area contributed by atoms with E-state index in [-0.39, 0.29) is 10.8 Å². The van der Waals surface area contributed by atoms with Crippen LogP contribution in [0.2, 0.25) is 0 Å². The van der Waals surface area contributed by atoms with E-state index in [1.54, 1.807) is 0 Å². The summed E-state index contributed by atoms with van der Waals surface area (Å²) in [5, 5.41) is 4.91. The van der Waals surface area contributed by atoms with Gasteiger partial charge in [-0.1, -0.05) is 214 Å². The van der Waals surface area contributed by atoms with Gasteiger partial charge in [0.25, 0.3) is 0 Å². The Kier molecular flexibility index (Phi) is 10.2. The number of fused-ring (bicyclic) bond motifs is 19. The number of nitrogens with zero attached hydrogens (tertiary/aromatic N) is 1. The van der Waals surface area contributed by atoms with Crippen molar-refractivity contribution in [3.63, 3.8) is 0 Å². The molecule has 0 fully saturated rings. The van der Waals surface area contributed by atoms with Crippen molar-refractivity contribution in [3.05, 3.63) is 293 Å². The van der Waals surface area contributed by atoms with Gasteiger partial charge in [0.1, 0.15) is 11.2 Å². The van der Waals surface area contributed by atoms with Crippen LogP contribution in [0.4, 0.5) is 0 Å². The fourth-order valence-electron chi connectivity index (χ4n) is 13.3. The predicted molar refractivity (Wildman–Crippen MR) is 314 cm³/mol. The average Bonchev–Trinajstić information content (AvgIpc) is 4.40. The van der Waals surface area contributed by atoms with E-state index in [0.29, 0.717) is 0 Å². The van der Waals surface area contributed by atoms with E-state index in [0.717, 1.165) is 11.2 Å². The molecule has 16 rings (SSSR count). The van der Waals surface area contributed by atoms with Gasteiger partial charge in [0, 0.05) is 32.6 Å². The fourth-order valence-corrected chi connectivity index (χ4v) is 13.3. The van der Waals surface area contributed by atoms with E-state index in [4.69, 9.17) is 4.42 Å². The normalized spacial score (nSPS) is 13.6. The fraction of sp³-hybridized carbons (Fsp3) is 0.0959. The number of hydrogen-bond donors (Lipinski definition) is 0. The minimum absolute atomic E-state index is 0.151. The first kappa shape index (κ1) is 44.7. The minimum atomic E-state index is -0.189. The molecular weight excluding hydrogens is 907 g/mol. The highest BCUT2D eigenvalue weighted by Crippen LogP contribution is 2.63. The molecular formula is C73H55NO. The molecule has 2 heteroatoms. The molecule has 13 aromatic rings. The van der Waals surface area contributed by atoms with E-state index < -0.39 is 0 Å². The lowest BCUT2D eigenvalue weighted by Gasteiger charge is -2.30. The van der Waals surface area contributed by atoms with Gasteiger partial charge in [0.05, 0.1) is 16.4 Å². The van der Waals surface area contributed by atoms with Gasteiger partial charge in [-0.3, -0.25) is 0 Å². The molecule has 0 N–H and O–H groups in total. The molecule has 0 atom stereocenters. The van der Waals surface area contributed by atoms with Crippen molar-refractivity contribution >= 4 is 43.7 Å².